The molecule has 3 nitrogen and oxygen atoms in total. The van der Waals surface area contributed by atoms with Crippen molar-refractivity contribution in [3.05, 3.63) is 0 Å². The largest absolute Gasteiger partial charge is 0.393 e. The van der Waals surface area contributed by atoms with Crippen molar-refractivity contribution in [2.75, 3.05) is 0 Å². The molecule has 4 fully saturated rings. The van der Waals surface area contributed by atoms with Gasteiger partial charge in [-0.05, 0) is 85.9 Å². The highest BCUT2D eigenvalue weighted by molar-refractivity contribution is 5.17. The second kappa shape index (κ2) is 8.03. The van der Waals surface area contributed by atoms with E-state index in [0.717, 1.165) is 37.0 Å². The predicted octanol–water partition coefficient (Wildman–Crippen LogP) is 5.55. The molecular weight excluding hydrogens is 372 g/mol. The molecule has 3 N–H and O–H groups in total. The van der Waals surface area contributed by atoms with Crippen molar-refractivity contribution in [1.82, 2.24) is 0 Å². The van der Waals surface area contributed by atoms with Crippen molar-refractivity contribution in [3.63, 3.8) is 0 Å². The van der Waals surface area contributed by atoms with Crippen molar-refractivity contribution in [3.8, 4) is 0 Å². The van der Waals surface area contributed by atoms with Gasteiger partial charge in [-0.3, -0.25) is 0 Å². The third-order valence-electron chi connectivity index (χ3n) is 11.0. The first kappa shape index (κ1) is 23.1. The lowest BCUT2D eigenvalue weighted by molar-refractivity contribution is -0.264. The van der Waals surface area contributed by atoms with Crippen LogP contribution in [0, 0.1) is 46.3 Å². The molecule has 0 aliphatic heterocycles. The minimum atomic E-state index is -1.11. The first-order chi connectivity index (χ1) is 14.0. The van der Waals surface area contributed by atoms with Crippen LogP contribution in [0.3, 0.4) is 0 Å². The van der Waals surface area contributed by atoms with Crippen LogP contribution in [0.1, 0.15) is 105 Å². The maximum Gasteiger partial charge on any atom is 0.0985 e. The molecule has 0 heterocycles. The van der Waals surface area contributed by atoms with E-state index in [1.54, 1.807) is 0 Å². The van der Waals surface area contributed by atoms with Gasteiger partial charge in [0.1, 0.15) is 0 Å². The minimum absolute atomic E-state index is 0.253. The number of hydrogen-bond donors (Lipinski definition) is 3. The lowest BCUT2D eigenvalue weighted by atomic mass is 9.42. The van der Waals surface area contributed by atoms with Gasteiger partial charge in [-0.25, -0.2) is 0 Å². The van der Waals surface area contributed by atoms with Crippen LogP contribution < -0.4 is 0 Å². The molecule has 0 unspecified atom stereocenters. The van der Waals surface area contributed by atoms with E-state index in [1.165, 1.54) is 44.9 Å². The summed E-state index contributed by atoms with van der Waals surface area (Å²) in [4.78, 5) is 0. The molecular formula is C27H48O3. The molecule has 0 amide bonds. The Bertz CT molecular complexity index is 619. The smallest absolute Gasteiger partial charge is 0.0985 e. The van der Waals surface area contributed by atoms with Gasteiger partial charge in [-0.15, -0.1) is 0 Å². The van der Waals surface area contributed by atoms with E-state index in [9.17, 15) is 15.3 Å². The van der Waals surface area contributed by atoms with Gasteiger partial charge in [0.2, 0.25) is 0 Å². The Morgan fingerprint density at radius 3 is 2.33 bits per heavy atom. The number of aliphatic hydroxyl groups is 3. The number of aliphatic hydroxyl groups excluding tert-OH is 2. The topological polar surface area (TPSA) is 60.7 Å². The highest BCUT2D eigenvalue weighted by Crippen LogP contribution is 2.69. The average Bonchev–Trinajstić information content (AvgIpc) is 3.01. The maximum atomic E-state index is 11.6. The Morgan fingerprint density at radius 1 is 0.900 bits per heavy atom. The molecule has 0 saturated heterocycles. The molecule has 0 bridgehead atoms. The number of hydrogen-bond acceptors (Lipinski definition) is 3. The standard InChI is InChI=1S/C27H48O3/c1-17(2)7-6-8-18(3)21-9-10-22-20-15-24(29)27(30)16-19(28)11-14-26(27,5)23(20)12-13-25(21,22)4/h17-24,28-30H,6-16H2,1-5H3/t18-,19-,20-,21+,22-,23-,24+,25+,26+,27-/m0/s1. The van der Waals surface area contributed by atoms with Crippen LogP contribution in [0.2, 0.25) is 0 Å². The fourth-order valence-corrected chi connectivity index (χ4v) is 9.29. The van der Waals surface area contributed by atoms with Crippen LogP contribution in [0.5, 0.6) is 0 Å². The van der Waals surface area contributed by atoms with Crippen LogP contribution >= 0.6 is 0 Å². The molecule has 4 rings (SSSR count). The molecule has 0 aromatic carbocycles. The van der Waals surface area contributed by atoms with Crippen LogP contribution in [0.4, 0.5) is 0 Å². The number of fused-ring (bicyclic) bond motifs is 5. The molecule has 3 heteroatoms. The maximum absolute atomic E-state index is 11.6. The molecule has 4 saturated carbocycles. The molecule has 0 spiro atoms. The van der Waals surface area contributed by atoms with E-state index in [0.29, 0.717) is 29.6 Å². The van der Waals surface area contributed by atoms with Crippen molar-refractivity contribution < 1.29 is 15.3 Å². The second-order valence-corrected chi connectivity index (χ2v) is 12.9. The van der Waals surface area contributed by atoms with Gasteiger partial charge in [0.25, 0.3) is 0 Å². The molecule has 0 aromatic rings. The molecule has 0 radical (unpaired) electrons. The lowest BCUT2D eigenvalue weighted by Gasteiger charge is -2.65. The molecule has 0 aromatic heterocycles. The minimum Gasteiger partial charge on any atom is -0.393 e. The van der Waals surface area contributed by atoms with Gasteiger partial charge >= 0.3 is 0 Å². The summed E-state index contributed by atoms with van der Waals surface area (Å²) in [6, 6.07) is 0. The van der Waals surface area contributed by atoms with Crippen LogP contribution in [0.15, 0.2) is 0 Å². The van der Waals surface area contributed by atoms with E-state index in [4.69, 9.17) is 0 Å². The van der Waals surface area contributed by atoms with Crippen LogP contribution in [-0.4, -0.2) is 33.1 Å². The van der Waals surface area contributed by atoms with Gasteiger partial charge in [-0.1, -0.05) is 53.9 Å². The van der Waals surface area contributed by atoms with E-state index in [1.807, 2.05) is 0 Å². The second-order valence-electron chi connectivity index (χ2n) is 12.9. The summed E-state index contributed by atoms with van der Waals surface area (Å²) in [6.07, 6.45) is 10.7. The van der Waals surface area contributed by atoms with E-state index in [2.05, 4.69) is 34.6 Å². The quantitative estimate of drug-likeness (QED) is 0.546. The van der Waals surface area contributed by atoms with Crippen LogP contribution in [-0.2, 0) is 0 Å². The third kappa shape index (κ3) is 3.41. The average molecular weight is 421 g/mol. The van der Waals surface area contributed by atoms with Crippen molar-refractivity contribution in [2.24, 2.45) is 46.3 Å². The van der Waals surface area contributed by atoms with Gasteiger partial charge in [0, 0.05) is 11.8 Å². The van der Waals surface area contributed by atoms with Gasteiger partial charge < -0.3 is 15.3 Å². The fourth-order valence-electron chi connectivity index (χ4n) is 9.29. The monoisotopic (exact) mass is 420 g/mol. The summed E-state index contributed by atoms with van der Waals surface area (Å²) in [6.45, 7) is 12.0. The normalized spacial score (nSPS) is 51.9. The predicted molar refractivity (Wildman–Crippen MR) is 122 cm³/mol. The molecule has 10 atom stereocenters. The highest BCUT2D eigenvalue weighted by Gasteiger charge is 2.67. The summed E-state index contributed by atoms with van der Waals surface area (Å²) >= 11 is 0. The first-order valence-corrected chi connectivity index (χ1v) is 13.1. The summed E-state index contributed by atoms with van der Waals surface area (Å²) in [5, 5.41) is 33.0. The van der Waals surface area contributed by atoms with Crippen LogP contribution in [0.25, 0.3) is 0 Å². The third-order valence-corrected chi connectivity index (χ3v) is 11.0. The van der Waals surface area contributed by atoms with E-state index < -0.39 is 17.8 Å². The molecule has 4 aliphatic carbocycles. The lowest BCUT2D eigenvalue weighted by Crippen LogP contribution is -2.68. The van der Waals surface area contributed by atoms with E-state index in [-0.39, 0.29) is 5.41 Å². The van der Waals surface area contributed by atoms with Crippen molar-refractivity contribution in [1.29, 1.82) is 0 Å². The zero-order valence-electron chi connectivity index (χ0n) is 20.2. The fraction of sp³-hybridized carbons (Fsp3) is 1.00. The van der Waals surface area contributed by atoms with Gasteiger partial charge in [-0.2, -0.15) is 0 Å². The van der Waals surface area contributed by atoms with Gasteiger partial charge in [0.05, 0.1) is 17.8 Å². The Morgan fingerprint density at radius 2 is 1.63 bits per heavy atom. The van der Waals surface area contributed by atoms with Crippen molar-refractivity contribution >= 4 is 0 Å². The van der Waals surface area contributed by atoms with Crippen molar-refractivity contribution in [2.45, 2.75) is 123 Å². The molecule has 4 aliphatic rings. The Kier molecular flexibility index (Phi) is 6.17. The molecule has 30 heavy (non-hydrogen) atoms. The zero-order valence-corrected chi connectivity index (χ0v) is 20.2. The Hall–Kier alpha value is -0.120. The highest BCUT2D eigenvalue weighted by atomic mass is 16.3. The first-order valence-electron chi connectivity index (χ1n) is 13.1. The summed E-state index contributed by atoms with van der Waals surface area (Å²) < 4.78 is 0. The summed E-state index contributed by atoms with van der Waals surface area (Å²) in [7, 11) is 0. The SMILES string of the molecule is CC(C)CCC[C@H](C)[C@H]1CC[C@H]2[C@@H]3C[C@@H](O)[C@@]4(O)C[C@@H](O)CC[C@]4(C)[C@H]3CC[C@]12C. The van der Waals surface area contributed by atoms with Gasteiger partial charge in [0.15, 0.2) is 0 Å². The number of rotatable bonds is 5. The van der Waals surface area contributed by atoms with E-state index >= 15 is 0 Å². The Labute approximate surface area is 185 Å². The summed E-state index contributed by atoms with van der Waals surface area (Å²) in [5.74, 6) is 4.13. The zero-order chi connectivity index (χ0) is 21.9. The Balaban J connectivity index is 1.53. The summed E-state index contributed by atoms with van der Waals surface area (Å²) in [5.41, 5.74) is -0.962. The molecule has 174 valence electrons.